The van der Waals surface area contributed by atoms with E-state index in [1.54, 1.807) is 28.7 Å². The van der Waals surface area contributed by atoms with Gasteiger partial charge in [-0.3, -0.25) is 4.79 Å². The van der Waals surface area contributed by atoms with E-state index in [2.05, 4.69) is 21.7 Å². The molecule has 170 valence electrons. The van der Waals surface area contributed by atoms with Crippen LogP contribution in [0, 0.1) is 24.2 Å². The van der Waals surface area contributed by atoms with E-state index >= 15 is 0 Å². The number of fused-ring (bicyclic) bond motifs is 1. The van der Waals surface area contributed by atoms with E-state index in [1.807, 2.05) is 29.8 Å². The van der Waals surface area contributed by atoms with Crippen molar-refractivity contribution in [3.05, 3.63) is 60.6 Å². The molecule has 3 aromatic heterocycles. The zero-order chi connectivity index (χ0) is 23.2. The maximum absolute atomic E-state index is 12.3. The van der Waals surface area contributed by atoms with E-state index in [-0.39, 0.29) is 11.8 Å². The molecule has 0 saturated carbocycles. The Morgan fingerprint density at radius 1 is 1.39 bits per heavy atom. The Labute approximate surface area is 203 Å². The van der Waals surface area contributed by atoms with Crippen molar-refractivity contribution in [3.63, 3.8) is 0 Å². The third-order valence-electron chi connectivity index (χ3n) is 5.19. The van der Waals surface area contributed by atoms with Gasteiger partial charge in [0.25, 0.3) is 0 Å². The molecule has 1 unspecified atom stereocenters. The number of carbonyl (C=O) groups excluding carboxylic acids is 2. The largest absolute Gasteiger partial charge is 0.449 e. The average molecular weight is 499 g/mol. The molecule has 3 aromatic rings. The zero-order valence-corrected chi connectivity index (χ0v) is 20.4. The molecule has 0 bridgehead atoms. The van der Waals surface area contributed by atoms with Gasteiger partial charge in [-0.1, -0.05) is 6.07 Å². The number of thiazole rings is 1. The van der Waals surface area contributed by atoms with Gasteiger partial charge in [-0.25, -0.2) is 9.78 Å². The van der Waals surface area contributed by atoms with Crippen LogP contribution in [0.3, 0.4) is 0 Å². The van der Waals surface area contributed by atoms with Crippen molar-refractivity contribution in [2.24, 2.45) is 5.92 Å². The molecule has 4 rings (SSSR count). The van der Waals surface area contributed by atoms with Gasteiger partial charge in [0.1, 0.15) is 11.1 Å². The maximum Gasteiger partial charge on any atom is 0.407 e. The lowest BCUT2D eigenvalue weighted by Gasteiger charge is -2.21. The van der Waals surface area contributed by atoms with Crippen LogP contribution in [0.5, 0.6) is 0 Å². The Balaban J connectivity index is 1.31. The summed E-state index contributed by atoms with van der Waals surface area (Å²) in [5, 5.41) is 20.6. The Kier molecular flexibility index (Phi) is 7.54. The van der Waals surface area contributed by atoms with Gasteiger partial charge in [-0.05, 0) is 55.2 Å². The van der Waals surface area contributed by atoms with Crippen molar-refractivity contribution in [2.45, 2.75) is 32.7 Å². The molecule has 1 aliphatic rings. The van der Waals surface area contributed by atoms with Crippen molar-refractivity contribution in [3.8, 4) is 6.07 Å². The fraction of sp³-hybridized carbons (Fsp3) is 0.304. The molecule has 2 N–H and O–H groups in total. The summed E-state index contributed by atoms with van der Waals surface area (Å²) >= 11 is 4.53. The van der Waals surface area contributed by atoms with Crippen molar-refractivity contribution in [2.75, 3.05) is 11.9 Å². The SMILES string of the molecule is Cc1nc(CNC(=O)OCC2CCc3c(sc(NC(=O)C=Cc4cccs4)c3C#N)C2)cs1. The number of nitrogens with one attached hydrogen (secondary N) is 2. The molecule has 10 heteroatoms. The summed E-state index contributed by atoms with van der Waals surface area (Å²) in [6, 6.07) is 6.11. The third kappa shape index (κ3) is 6.07. The summed E-state index contributed by atoms with van der Waals surface area (Å²) < 4.78 is 5.41. The summed E-state index contributed by atoms with van der Waals surface area (Å²) in [7, 11) is 0. The van der Waals surface area contributed by atoms with Gasteiger partial charge in [0, 0.05) is 21.2 Å². The maximum atomic E-state index is 12.3. The number of anilines is 1. The minimum Gasteiger partial charge on any atom is -0.449 e. The van der Waals surface area contributed by atoms with E-state index in [9.17, 15) is 14.9 Å². The molecule has 1 aliphatic carbocycles. The molecule has 7 nitrogen and oxygen atoms in total. The zero-order valence-electron chi connectivity index (χ0n) is 17.9. The fourth-order valence-corrected chi connectivity index (χ4v) is 6.14. The molecule has 2 amide bonds. The third-order valence-corrected chi connectivity index (χ3v) is 8.02. The first-order valence-electron chi connectivity index (χ1n) is 10.4. The number of nitrogens with zero attached hydrogens (tertiary/aromatic N) is 2. The van der Waals surface area contributed by atoms with Gasteiger partial charge in [0.2, 0.25) is 5.91 Å². The minimum atomic E-state index is -0.458. The van der Waals surface area contributed by atoms with Crippen LogP contribution in [0.25, 0.3) is 6.08 Å². The number of aryl methyl sites for hydroxylation is 1. The highest BCUT2D eigenvalue weighted by molar-refractivity contribution is 7.16. The van der Waals surface area contributed by atoms with Crippen LogP contribution in [0.4, 0.5) is 9.80 Å². The second-order valence-electron chi connectivity index (χ2n) is 7.58. The Bertz CT molecular complexity index is 1200. The van der Waals surface area contributed by atoms with E-state index in [1.165, 1.54) is 17.4 Å². The molecule has 0 fully saturated rings. The number of carbonyl (C=O) groups is 2. The molecular formula is C23H22N4O3S3. The smallest absolute Gasteiger partial charge is 0.407 e. The molecule has 0 spiro atoms. The molecule has 0 saturated heterocycles. The Morgan fingerprint density at radius 2 is 2.27 bits per heavy atom. The summed E-state index contributed by atoms with van der Waals surface area (Å²) in [5.74, 6) is -0.0809. The lowest BCUT2D eigenvalue weighted by Crippen LogP contribution is -2.27. The van der Waals surface area contributed by atoms with Gasteiger partial charge < -0.3 is 15.4 Å². The molecule has 0 radical (unpaired) electrons. The normalized spacial score (nSPS) is 15.1. The van der Waals surface area contributed by atoms with E-state index in [0.29, 0.717) is 30.1 Å². The van der Waals surface area contributed by atoms with Crippen LogP contribution >= 0.6 is 34.0 Å². The van der Waals surface area contributed by atoms with Gasteiger partial charge in [0.05, 0.1) is 29.4 Å². The summed E-state index contributed by atoms with van der Waals surface area (Å²) in [5.41, 5.74) is 2.36. The molecular weight excluding hydrogens is 476 g/mol. The number of nitriles is 1. The monoisotopic (exact) mass is 498 g/mol. The van der Waals surface area contributed by atoms with Gasteiger partial charge in [-0.15, -0.1) is 34.0 Å². The standard InChI is InChI=1S/C23H22N4O3S3/c1-14-26-16(13-32-14)11-25-23(29)30-12-15-4-6-18-19(10-24)22(33-20(18)9-15)27-21(28)7-5-17-3-2-8-31-17/h2-3,5,7-8,13,15H,4,6,9,11-12H2,1H3,(H,25,29)(H,27,28). The van der Waals surface area contributed by atoms with Crippen LogP contribution in [-0.2, 0) is 28.9 Å². The number of hydrogen-bond acceptors (Lipinski definition) is 8. The second kappa shape index (κ2) is 10.7. The number of rotatable bonds is 7. The number of ether oxygens (including phenoxy) is 1. The number of thiophene rings is 2. The number of amides is 2. The van der Waals surface area contributed by atoms with Crippen LogP contribution in [0.1, 0.15) is 38.0 Å². The first-order valence-corrected chi connectivity index (χ1v) is 13.0. The second-order valence-corrected chi connectivity index (χ2v) is 10.7. The van der Waals surface area contributed by atoms with E-state index in [0.717, 1.165) is 38.9 Å². The van der Waals surface area contributed by atoms with Crippen molar-refractivity contribution in [1.82, 2.24) is 10.3 Å². The van der Waals surface area contributed by atoms with Gasteiger partial charge >= 0.3 is 6.09 Å². The lowest BCUT2D eigenvalue weighted by molar-refractivity contribution is -0.111. The van der Waals surface area contributed by atoms with Gasteiger partial charge in [0.15, 0.2) is 0 Å². The molecule has 33 heavy (non-hydrogen) atoms. The number of aromatic nitrogens is 1. The Hall–Kier alpha value is -3.00. The molecule has 3 heterocycles. The topological polar surface area (TPSA) is 104 Å². The van der Waals surface area contributed by atoms with Crippen LogP contribution < -0.4 is 10.6 Å². The average Bonchev–Trinajstić information content (AvgIpc) is 3.54. The van der Waals surface area contributed by atoms with Crippen molar-refractivity contribution >= 4 is 57.1 Å². The number of alkyl carbamates (subject to hydrolysis) is 1. The summed E-state index contributed by atoms with van der Waals surface area (Å²) in [6.45, 7) is 2.58. The summed E-state index contributed by atoms with van der Waals surface area (Å²) in [4.78, 5) is 30.7. The van der Waals surface area contributed by atoms with Crippen molar-refractivity contribution in [1.29, 1.82) is 5.26 Å². The highest BCUT2D eigenvalue weighted by atomic mass is 32.1. The highest BCUT2D eigenvalue weighted by Gasteiger charge is 2.27. The van der Waals surface area contributed by atoms with Crippen molar-refractivity contribution < 1.29 is 14.3 Å². The number of hydrogen-bond donors (Lipinski definition) is 2. The summed E-state index contributed by atoms with van der Waals surface area (Å²) in [6.07, 6.45) is 5.04. The van der Waals surface area contributed by atoms with E-state index in [4.69, 9.17) is 4.74 Å². The lowest BCUT2D eigenvalue weighted by atomic mass is 9.88. The van der Waals surface area contributed by atoms with Crippen LogP contribution in [0.15, 0.2) is 29.0 Å². The predicted molar refractivity (Wildman–Crippen MR) is 132 cm³/mol. The fourth-order valence-electron chi connectivity index (χ4n) is 3.60. The first kappa shape index (κ1) is 23.2. The molecule has 1 atom stereocenters. The van der Waals surface area contributed by atoms with Crippen LogP contribution in [-0.4, -0.2) is 23.6 Å². The molecule has 0 aromatic carbocycles. The Morgan fingerprint density at radius 3 is 3.00 bits per heavy atom. The first-order chi connectivity index (χ1) is 16.0. The highest BCUT2D eigenvalue weighted by Crippen LogP contribution is 2.39. The predicted octanol–water partition coefficient (Wildman–Crippen LogP) is 5.13. The van der Waals surface area contributed by atoms with Crippen LogP contribution in [0.2, 0.25) is 0 Å². The molecule has 0 aliphatic heterocycles. The van der Waals surface area contributed by atoms with E-state index < -0.39 is 6.09 Å². The minimum absolute atomic E-state index is 0.178. The van der Waals surface area contributed by atoms with Gasteiger partial charge in [-0.2, -0.15) is 5.26 Å². The quantitative estimate of drug-likeness (QED) is 0.440.